The third-order valence-corrected chi connectivity index (χ3v) is 8.46. The molecule has 0 N–H and O–H groups in total. The van der Waals surface area contributed by atoms with Crippen molar-refractivity contribution in [2.75, 3.05) is 6.61 Å². The monoisotopic (exact) mass is 495 g/mol. The van der Waals surface area contributed by atoms with Gasteiger partial charge in [-0.1, -0.05) is 31.8 Å². The summed E-state index contributed by atoms with van der Waals surface area (Å²) in [6, 6.07) is 12.2. The van der Waals surface area contributed by atoms with Crippen molar-refractivity contribution in [1.29, 1.82) is 0 Å². The molecule has 1 saturated carbocycles. The van der Waals surface area contributed by atoms with Gasteiger partial charge >= 0.3 is 0 Å². The molecule has 0 aliphatic heterocycles. The van der Waals surface area contributed by atoms with Crippen molar-refractivity contribution in [1.82, 2.24) is 14.8 Å². The highest BCUT2D eigenvalue weighted by molar-refractivity contribution is 6.76. The van der Waals surface area contributed by atoms with Gasteiger partial charge in [0.1, 0.15) is 12.5 Å². The van der Waals surface area contributed by atoms with E-state index in [4.69, 9.17) is 14.6 Å². The lowest BCUT2D eigenvalue weighted by Gasteiger charge is -2.29. The Hall–Kier alpha value is -2.35. The molecule has 0 atom stereocenters. The van der Waals surface area contributed by atoms with Crippen molar-refractivity contribution in [2.45, 2.75) is 83.7 Å². The number of hydrogen-bond acceptors (Lipinski definition) is 4. The molecule has 0 amide bonds. The molecule has 4 rings (SSSR count). The molecular formula is C28H38FN3O2Si. The Morgan fingerprint density at radius 3 is 2.63 bits per heavy atom. The summed E-state index contributed by atoms with van der Waals surface area (Å²) >= 11 is 0. The molecule has 2 aromatic heterocycles. The van der Waals surface area contributed by atoms with Gasteiger partial charge in [-0.15, -0.1) is 0 Å². The molecule has 3 aromatic rings. The summed E-state index contributed by atoms with van der Waals surface area (Å²) in [5, 5.41) is 4.80. The Balaban J connectivity index is 1.33. The predicted octanol–water partition coefficient (Wildman–Crippen LogP) is 6.95. The standard InChI is InChI=1S/C28H38FN3O2Si/c1-21-18-32(20-33-15-16-35(2,3)4)31-28(21)26-9-6-14-30-27(26)19-34-25-12-10-22(11-13-25)23-7-5-8-24(29)17-23/h5-9,14,17-18,22,25H,10-13,15-16,19-20H2,1-4H3. The van der Waals surface area contributed by atoms with E-state index in [9.17, 15) is 4.39 Å². The molecule has 1 aliphatic carbocycles. The molecule has 2 heterocycles. The van der Waals surface area contributed by atoms with Crippen molar-refractivity contribution in [3.8, 4) is 11.3 Å². The minimum absolute atomic E-state index is 0.153. The van der Waals surface area contributed by atoms with Crippen molar-refractivity contribution in [3.05, 3.63) is 71.4 Å². The van der Waals surface area contributed by atoms with Gasteiger partial charge in [0, 0.05) is 32.6 Å². The molecule has 7 heteroatoms. The van der Waals surface area contributed by atoms with E-state index in [1.165, 1.54) is 6.07 Å². The first kappa shape index (κ1) is 25.7. The topological polar surface area (TPSA) is 49.2 Å². The minimum atomic E-state index is -1.10. The second-order valence-corrected chi connectivity index (χ2v) is 16.5. The molecule has 0 radical (unpaired) electrons. The lowest BCUT2D eigenvalue weighted by molar-refractivity contribution is 0.0120. The second kappa shape index (κ2) is 11.6. The van der Waals surface area contributed by atoms with Gasteiger partial charge < -0.3 is 9.47 Å². The molecule has 1 fully saturated rings. The van der Waals surface area contributed by atoms with Crippen molar-refractivity contribution >= 4 is 8.07 Å². The summed E-state index contributed by atoms with van der Waals surface area (Å²) in [7, 11) is -1.10. The number of benzene rings is 1. The van der Waals surface area contributed by atoms with Crippen LogP contribution in [0.2, 0.25) is 25.7 Å². The zero-order chi connectivity index (χ0) is 24.8. The number of ether oxygens (including phenoxy) is 2. The van der Waals surface area contributed by atoms with Crippen LogP contribution in [-0.2, 0) is 22.8 Å². The van der Waals surface area contributed by atoms with Gasteiger partial charge in [-0.25, -0.2) is 9.07 Å². The number of aryl methyl sites for hydroxylation is 1. The number of nitrogens with zero attached hydrogens (tertiary/aromatic N) is 3. The number of halogens is 1. The van der Waals surface area contributed by atoms with Crippen molar-refractivity contribution < 1.29 is 13.9 Å². The molecule has 1 aromatic carbocycles. The molecular weight excluding hydrogens is 457 g/mol. The van der Waals surface area contributed by atoms with E-state index in [0.29, 0.717) is 19.3 Å². The zero-order valence-electron chi connectivity index (χ0n) is 21.5. The quantitative estimate of drug-likeness (QED) is 0.226. The number of rotatable bonds is 10. The van der Waals surface area contributed by atoms with E-state index in [0.717, 1.165) is 66.4 Å². The van der Waals surface area contributed by atoms with E-state index in [1.807, 2.05) is 29.2 Å². The van der Waals surface area contributed by atoms with E-state index in [1.54, 1.807) is 12.1 Å². The number of pyridine rings is 1. The van der Waals surface area contributed by atoms with Gasteiger partial charge in [0.05, 0.1) is 24.1 Å². The highest BCUT2D eigenvalue weighted by Crippen LogP contribution is 2.35. The summed E-state index contributed by atoms with van der Waals surface area (Å²) in [4.78, 5) is 4.62. The minimum Gasteiger partial charge on any atom is -0.372 e. The Morgan fingerprint density at radius 2 is 1.89 bits per heavy atom. The van der Waals surface area contributed by atoms with Gasteiger partial charge in [-0.05, 0) is 80.0 Å². The lowest BCUT2D eigenvalue weighted by atomic mass is 9.83. The Morgan fingerprint density at radius 1 is 1.09 bits per heavy atom. The average Bonchev–Trinajstić information content (AvgIpc) is 3.20. The van der Waals surface area contributed by atoms with Gasteiger partial charge in [-0.2, -0.15) is 5.10 Å². The molecule has 1 aliphatic rings. The first-order valence-corrected chi connectivity index (χ1v) is 16.4. The maximum absolute atomic E-state index is 13.6. The van der Waals surface area contributed by atoms with Crippen LogP contribution in [0.5, 0.6) is 0 Å². The fourth-order valence-electron chi connectivity index (χ4n) is 4.68. The molecule has 0 saturated heterocycles. The van der Waals surface area contributed by atoms with E-state index in [-0.39, 0.29) is 11.9 Å². The fourth-order valence-corrected chi connectivity index (χ4v) is 5.44. The summed E-state index contributed by atoms with van der Waals surface area (Å²) in [5.41, 5.74) is 5.06. The van der Waals surface area contributed by atoms with Crippen LogP contribution < -0.4 is 0 Å². The van der Waals surface area contributed by atoms with Crippen LogP contribution in [0.15, 0.2) is 48.8 Å². The SMILES string of the molecule is Cc1cn(COCC[Si](C)(C)C)nc1-c1cccnc1COC1CCC(c2cccc(F)c2)CC1. The third kappa shape index (κ3) is 7.32. The molecule has 188 valence electrons. The van der Waals surface area contributed by atoms with Crippen LogP contribution in [0.3, 0.4) is 0 Å². The Bertz CT molecular complexity index is 1100. The van der Waals surface area contributed by atoms with Crippen LogP contribution in [0.4, 0.5) is 4.39 Å². The smallest absolute Gasteiger partial charge is 0.139 e. The van der Waals surface area contributed by atoms with E-state index in [2.05, 4.69) is 37.6 Å². The maximum atomic E-state index is 13.6. The third-order valence-electron chi connectivity index (χ3n) is 6.76. The van der Waals surface area contributed by atoms with Crippen LogP contribution in [0, 0.1) is 12.7 Å². The maximum Gasteiger partial charge on any atom is 0.139 e. The van der Waals surface area contributed by atoms with E-state index >= 15 is 0 Å². The lowest BCUT2D eigenvalue weighted by Crippen LogP contribution is -2.22. The predicted molar refractivity (Wildman–Crippen MR) is 140 cm³/mol. The van der Waals surface area contributed by atoms with Gasteiger partial charge in [0.15, 0.2) is 0 Å². The van der Waals surface area contributed by atoms with Crippen LogP contribution in [0.25, 0.3) is 11.3 Å². The summed E-state index contributed by atoms with van der Waals surface area (Å²) in [6.07, 6.45) is 8.05. The van der Waals surface area contributed by atoms with Crippen molar-refractivity contribution in [2.24, 2.45) is 0 Å². The number of hydrogen-bond donors (Lipinski definition) is 0. The zero-order valence-corrected chi connectivity index (χ0v) is 22.5. The fraction of sp³-hybridized carbons (Fsp3) is 0.500. The summed E-state index contributed by atoms with van der Waals surface area (Å²) in [5.74, 6) is 0.259. The normalized spacial score (nSPS) is 18.7. The molecule has 0 bridgehead atoms. The Labute approximate surface area is 209 Å². The van der Waals surface area contributed by atoms with Crippen LogP contribution in [-0.4, -0.2) is 35.5 Å². The van der Waals surface area contributed by atoms with Crippen molar-refractivity contribution in [3.63, 3.8) is 0 Å². The van der Waals surface area contributed by atoms with Gasteiger partial charge in [-0.3, -0.25) is 4.98 Å². The first-order valence-electron chi connectivity index (χ1n) is 12.7. The molecule has 35 heavy (non-hydrogen) atoms. The largest absolute Gasteiger partial charge is 0.372 e. The summed E-state index contributed by atoms with van der Waals surface area (Å²) in [6.45, 7) is 10.8. The Kier molecular flexibility index (Phi) is 8.52. The highest BCUT2D eigenvalue weighted by Gasteiger charge is 2.24. The molecule has 0 unspecified atom stereocenters. The van der Waals surface area contributed by atoms with Crippen LogP contribution >= 0.6 is 0 Å². The second-order valence-electron chi connectivity index (χ2n) is 10.9. The van der Waals surface area contributed by atoms with Gasteiger partial charge in [0.25, 0.3) is 0 Å². The average molecular weight is 496 g/mol. The number of aromatic nitrogens is 3. The first-order chi connectivity index (χ1) is 16.8. The van der Waals surface area contributed by atoms with Gasteiger partial charge in [0.2, 0.25) is 0 Å². The highest BCUT2D eigenvalue weighted by atomic mass is 28.3. The van der Waals surface area contributed by atoms with Crippen LogP contribution in [0.1, 0.15) is 48.4 Å². The van der Waals surface area contributed by atoms with E-state index < -0.39 is 8.07 Å². The molecule has 5 nitrogen and oxygen atoms in total. The molecule has 0 spiro atoms. The summed E-state index contributed by atoms with van der Waals surface area (Å²) < 4.78 is 27.6.